The molecular formula is C12H19N5. The van der Waals surface area contributed by atoms with Crippen molar-refractivity contribution in [2.75, 3.05) is 23.3 Å². The van der Waals surface area contributed by atoms with E-state index in [4.69, 9.17) is 5.73 Å². The molecule has 0 unspecified atom stereocenters. The first kappa shape index (κ1) is 10.8. The maximum atomic E-state index is 5.91. The molecule has 1 aliphatic heterocycles. The minimum Gasteiger partial charge on any atom is -0.367 e. The van der Waals surface area contributed by atoms with E-state index in [1.807, 2.05) is 0 Å². The zero-order chi connectivity index (χ0) is 11.7. The molecule has 3 N–H and O–H groups in total. The molecule has 2 fully saturated rings. The largest absolute Gasteiger partial charge is 0.367 e. The normalized spacial score (nSPS) is 21.6. The molecule has 0 spiro atoms. The van der Waals surface area contributed by atoms with Crippen molar-refractivity contribution in [3.05, 3.63) is 12.4 Å². The van der Waals surface area contributed by atoms with Gasteiger partial charge in [0, 0.05) is 31.2 Å². The molecule has 2 aliphatic rings. The molecule has 0 atom stereocenters. The summed E-state index contributed by atoms with van der Waals surface area (Å²) in [5.41, 5.74) is 5.91. The lowest BCUT2D eigenvalue weighted by Gasteiger charge is -2.31. The van der Waals surface area contributed by atoms with Crippen LogP contribution in [0.4, 0.5) is 11.6 Å². The van der Waals surface area contributed by atoms with E-state index in [1.165, 1.54) is 12.8 Å². The number of aromatic nitrogens is 2. The molecule has 0 radical (unpaired) electrons. The van der Waals surface area contributed by atoms with Crippen LogP contribution in [0.5, 0.6) is 0 Å². The fraction of sp³-hybridized carbons (Fsp3) is 0.667. The van der Waals surface area contributed by atoms with E-state index in [2.05, 4.69) is 26.3 Å². The number of hydrogen-bond donors (Lipinski definition) is 2. The number of nitrogens with zero attached hydrogens (tertiary/aromatic N) is 3. The molecule has 17 heavy (non-hydrogen) atoms. The lowest BCUT2D eigenvalue weighted by molar-refractivity contribution is 0.498. The number of anilines is 2. The van der Waals surface area contributed by atoms with Crippen molar-refractivity contribution < 1.29 is 0 Å². The highest BCUT2D eigenvalue weighted by Gasteiger charge is 2.22. The Kier molecular flexibility index (Phi) is 2.84. The van der Waals surface area contributed by atoms with Crippen LogP contribution in [0, 0.1) is 0 Å². The number of hydrogen-bond acceptors (Lipinski definition) is 5. The van der Waals surface area contributed by atoms with Gasteiger partial charge in [0.15, 0.2) is 0 Å². The van der Waals surface area contributed by atoms with Gasteiger partial charge in [0.1, 0.15) is 18.0 Å². The minimum absolute atomic E-state index is 0.358. The van der Waals surface area contributed by atoms with Crippen LogP contribution < -0.4 is 16.0 Å². The highest BCUT2D eigenvalue weighted by molar-refractivity contribution is 5.49. The molecule has 1 aliphatic carbocycles. The average Bonchev–Trinajstić information content (AvgIpc) is 3.14. The second-order valence-corrected chi connectivity index (χ2v) is 5.00. The molecule has 0 aromatic carbocycles. The van der Waals surface area contributed by atoms with Crippen LogP contribution in [0.15, 0.2) is 12.4 Å². The third-order valence-corrected chi connectivity index (χ3v) is 3.45. The smallest absolute Gasteiger partial charge is 0.134 e. The molecule has 5 nitrogen and oxygen atoms in total. The van der Waals surface area contributed by atoms with Crippen LogP contribution in [0.25, 0.3) is 0 Å². The minimum atomic E-state index is 0.358. The van der Waals surface area contributed by atoms with Crippen molar-refractivity contribution in [3.8, 4) is 0 Å². The van der Waals surface area contributed by atoms with E-state index < -0.39 is 0 Å². The summed E-state index contributed by atoms with van der Waals surface area (Å²) in [6.07, 6.45) is 6.27. The second-order valence-electron chi connectivity index (χ2n) is 5.00. The molecule has 5 heteroatoms. The van der Waals surface area contributed by atoms with Crippen LogP contribution in [-0.4, -0.2) is 35.1 Å². The van der Waals surface area contributed by atoms with Gasteiger partial charge >= 0.3 is 0 Å². The summed E-state index contributed by atoms with van der Waals surface area (Å²) in [5, 5.41) is 3.40. The van der Waals surface area contributed by atoms with Crippen LogP contribution in [-0.2, 0) is 0 Å². The molecular weight excluding hydrogens is 214 g/mol. The van der Waals surface area contributed by atoms with Gasteiger partial charge in [-0.3, -0.25) is 0 Å². The Hall–Kier alpha value is -1.36. The topological polar surface area (TPSA) is 67.1 Å². The standard InChI is InChI=1S/C12H19N5/c13-9-3-5-17(6-4-9)12-7-11(14-8-15-12)16-10-1-2-10/h7-10H,1-6,13H2,(H,14,15,16). The zero-order valence-corrected chi connectivity index (χ0v) is 9.97. The molecule has 1 aromatic heterocycles. The van der Waals surface area contributed by atoms with Crippen LogP contribution in [0.3, 0.4) is 0 Å². The van der Waals surface area contributed by atoms with Crippen molar-refractivity contribution in [1.82, 2.24) is 9.97 Å². The molecule has 0 amide bonds. The predicted molar refractivity (Wildman–Crippen MR) is 68.1 cm³/mol. The summed E-state index contributed by atoms with van der Waals surface area (Å²) in [4.78, 5) is 10.9. The summed E-state index contributed by atoms with van der Waals surface area (Å²) in [7, 11) is 0. The third kappa shape index (κ3) is 2.66. The van der Waals surface area contributed by atoms with Gasteiger partial charge in [-0.2, -0.15) is 0 Å². The summed E-state index contributed by atoms with van der Waals surface area (Å²) in [6, 6.07) is 3.04. The zero-order valence-electron chi connectivity index (χ0n) is 9.97. The van der Waals surface area contributed by atoms with E-state index in [0.29, 0.717) is 12.1 Å². The van der Waals surface area contributed by atoms with Crippen molar-refractivity contribution in [3.63, 3.8) is 0 Å². The van der Waals surface area contributed by atoms with E-state index in [9.17, 15) is 0 Å². The van der Waals surface area contributed by atoms with E-state index >= 15 is 0 Å². The third-order valence-electron chi connectivity index (χ3n) is 3.45. The van der Waals surface area contributed by atoms with Crippen molar-refractivity contribution in [1.29, 1.82) is 0 Å². The van der Waals surface area contributed by atoms with Crippen molar-refractivity contribution in [2.45, 2.75) is 37.8 Å². The summed E-state index contributed by atoms with van der Waals surface area (Å²) in [5.74, 6) is 1.97. The maximum Gasteiger partial charge on any atom is 0.134 e. The summed E-state index contributed by atoms with van der Waals surface area (Å²) >= 11 is 0. The lowest BCUT2D eigenvalue weighted by atomic mass is 10.1. The maximum absolute atomic E-state index is 5.91. The predicted octanol–water partition coefficient (Wildman–Crippen LogP) is 0.978. The molecule has 1 saturated carbocycles. The first-order valence-electron chi connectivity index (χ1n) is 6.40. The molecule has 2 heterocycles. The Bertz CT molecular complexity index is 382. The summed E-state index contributed by atoms with van der Waals surface area (Å²) in [6.45, 7) is 2.00. The van der Waals surface area contributed by atoms with Crippen LogP contribution >= 0.6 is 0 Å². The number of rotatable bonds is 3. The van der Waals surface area contributed by atoms with Gasteiger partial charge in [0.2, 0.25) is 0 Å². The summed E-state index contributed by atoms with van der Waals surface area (Å²) < 4.78 is 0. The Labute approximate surface area is 101 Å². The fourth-order valence-electron chi connectivity index (χ4n) is 2.16. The van der Waals surface area contributed by atoms with Gasteiger partial charge < -0.3 is 16.0 Å². The van der Waals surface area contributed by atoms with Gasteiger partial charge in [-0.15, -0.1) is 0 Å². The molecule has 92 valence electrons. The van der Waals surface area contributed by atoms with E-state index in [-0.39, 0.29) is 0 Å². The second kappa shape index (κ2) is 4.49. The van der Waals surface area contributed by atoms with Gasteiger partial charge in [-0.1, -0.05) is 0 Å². The molecule has 3 rings (SSSR count). The van der Waals surface area contributed by atoms with Gasteiger partial charge in [-0.25, -0.2) is 9.97 Å². The van der Waals surface area contributed by atoms with E-state index in [0.717, 1.165) is 37.6 Å². The van der Waals surface area contributed by atoms with Crippen LogP contribution in [0.1, 0.15) is 25.7 Å². The quantitative estimate of drug-likeness (QED) is 0.814. The van der Waals surface area contributed by atoms with Gasteiger partial charge in [0.05, 0.1) is 0 Å². The lowest BCUT2D eigenvalue weighted by Crippen LogP contribution is -2.40. The van der Waals surface area contributed by atoms with Gasteiger partial charge in [0.25, 0.3) is 0 Å². The van der Waals surface area contributed by atoms with Crippen molar-refractivity contribution >= 4 is 11.6 Å². The SMILES string of the molecule is NC1CCN(c2cc(NC3CC3)ncn2)CC1. The monoisotopic (exact) mass is 233 g/mol. The van der Waals surface area contributed by atoms with Crippen molar-refractivity contribution in [2.24, 2.45) is 5.73 Å². The first-order chi connectivity index (χ1) is 8.31. The molecule has 0 bridgehead atoms. The molecule has 1 saturated heterocycles. The van der Waals surface area contributed by atoms with Crippen LogP contribution in [0.2, 0.25) is 0 Å². The molecule has 1 aromatic rings. The highest BCUT2D eigenvalue weighted by atomic mass is 15.2. The Morgan fingerprint density at radius 1 is 1.18 bits per heavy atom. The number of nitrogens with one attached hydrogen (secondary N) is 1. The number of piperidine rings is 1. The average molecular weight is 233 g/mol. The Balaban J connectivity index is 1.68. The first-order valence-corrected chi connectivity index (χ1v) is 6.40. The van der Waals surface area contributed by atoms with Gasteiger partial charge in [-0.05, 0) is 25.7 Å². The Morgan fingerprint density at radius 2 is 1.94 bits per heavy atom. The highest BCUT2D eigenvalue weighted by Crippen LogP contribution is 2.25. The number of nitrogens with two attached hydrogens (primary N) is 1. The Morgan fingerprint density at radius 3 is 2.65 bits per heavy atom. The fourth-order valence-corrected chi connectivity index (χ4v) is 2.16. The van der Waals surface area contributed by atoms with E-state index in [1.54, 1.807) is 6.33 Å².